The van der Waals surface area contributed by atoms with E-state index in [2.05, 4.69) is 42.3 Å². The number of hydrogen-bond acceptors (Lipinski definition) is 3. The van der Waals surface area contributed by atoms with Gasteiger partial charge in [-0.15, -0.1) is 0 Å². The summed E-state index contributed by atoms with van der Waals surface area (Å²) in [7, 11) is 0. The predicted octanol–water partition coefficient (Wildman–Crippen LogP) is 3.70. The van der Waals surface area contributed by atoms with Gasteiger partial charge < -0.3 is 10.1 Å². The lowest BCUT2D eigenvalue weighted by Gasteiger charge is -2.18. The fourth-order valence-electron chi connectivity index (χ4n) is 2.36. The van der Waals surface area contributed by atoms with Crippen molar-refractivity contribution in [3.63, 3.8) is 0 Å². The second kappa shape index (κ2) is 7.98. The van der Waals surface area contributed by atoms with Gasteiger partial charge in [0, 0.05) is 30.8 Å². The molecule has 0 aliphatic carbocycles. The predicted molar refractivity (Wildman–Crippen MR) is 83.9 cm³/mol. The van der Waals surface area contributed by atoms with Crippen molar-refractivity contribution in [2.24, 2.45) is 0 Å². The Kier molecular flexibility index (Phi) is 5.96. The van der Waals surface area contributed by atoms with Crippen LogP contribution in [0.15, 0.2) is 36.5 Å². The largest absolute Gasteiger partial charge is 0.381 e. The summed E-state index contributed by atoms with van der Waals surface area (Å²) in [5.74, 6) is 0. The Hall–Kier alpha value is -1.45. The van der Waals surface area contributed by atoms with E-state index < -0.39 is 0 Å². The van der Waals surface area contributed by atoms with Crippen LogP contribution in [0.2, 0.25) is 0 Å². The molecule has 2 aromatic rings. The Morgan fingerprint density at radius 2 is 2.05 bits per heavy atom. The van der Waals surface area contributed by atoms with E-state index >= 15 is 0 Å². The van der Waals surface area contributed by atoms with Crippen LogP contribution < -0.4 is 5.32 Å². The minimum Gasteiger partial charge on any atom is -0.381 e. The molecular formula is C17H24N2O. The molecule has 0 spiro atoms. The van der Waals surface area contributed by atoms with E-state index in [1.807, 2.05) is 18.3 Å². The smallest absolute Gasteiger partial charge is 0.0702 e. The summed E-state index contributed by atoms with van der Waals surface area (Å²) in [6.07, 6.45) is 4.03. The lowest BCUT2D eigenvalue weighted by Crippen LogP contribution is -2.22. The highest BCUT2D eigenvalue weighted by molar-refractivity contribution is 5.78. The highest BCUT2D eigenvalue weighted by atomic mass is 16.5. The van der Waals surface area contributed by atoms with Crippen LogP contribution in [0.5, 0.6) is 0 Å². The van der Waals surface area contributed by atoms with Gasteiger partial charge in [0.1, 0.15) is 0 Å². The summed E-state index contributed by atoms with van der Waals surface area (Å²) in [4.78, 5) is 4.55. The van der Waals surface area contributed by atoms with Crippen molar-refractivity contribution >= 4 is 10.9 Å². The number of benzene rings is 1. The van der Waals surface area contributed by atoms with Crippen molar-refractivity contribution in [2.75, 3.05) is 19.8 Å². The molecule has 0 saturated carbocycles. The zero-order valence-electron chi connectivity index (χ0n) is 12.4. The fraction of sp³-hybridized carbons (Fsp3) is 0.471. The number of nitrogens with zero attached hydrogens (tertiary/aromatic N) is 1. The van der Waals surface area contributed by atoms with Crippen LogP contribution in [0.4, 0.5) is 0 Å². The summed E-state index contributed by atoms with van der Waals surface area (Å²) >= 11 is 0. The molecule has 0 amide bonds. The molecule has 1 unspecified atom stereocenters. The maximum Gasteiger partial charge on any atom is 0.0702 e. The first-order valence-electron chi connectivity index (χ1n) is 7.51. The summed E-state index contributed by atoms with van der Waals surface area (Å²) in [5, 5.41) is 4.72. The Labute approximate surface area is 121 Å². The van der Waals surface area contributed by atoms with Crippen molar-refractivity contribution in [1.29, 1.82) is 0 Å². The summed E-state index contributed by atoms with van der Waals surface area (Å²) in [5.41, 5.74) is 2.29. The third kappa shape index (κ3) is 4.02. The minimum atomic E-state index is 0.314. The Balaban J connectivity index is 2.09. The van der Waals surface area contributed by atoms with Gasteiger partial charge in [-0.2, -0.15) is 0 Å². The minimum absolute atomic E-state index is 0.314. The van der Waals surface area contributed by atoms with Gasteiger partial charge in [-0.1, -0.05) is 32.0 Å². The molecule has 0 aliphatic heterocycles. The van der Waals surface area contributed by atoms with Gasteiger partial charge in [-0.05, 0) is 37.1 Å². The topological polar surface area (TPSA) is 34.1 Å². The number of nitrogens with one attached hydrogen (secondary N) is 1. The lowest BCUT2D eigenvalue weighted by molar-refractivity contribution is 0.124. The van der Waals surface area contributed by atoms with E-state index in [0.717, 1.165) is 38.1 Å². The number of hydrogen-bond donors (Lipinski definition) is 1. The van der Waals surface area contributed by atoms with Gasteiger partial charge in [0.15, 0.2) is 0 Å². The molecule has 1 aromatic carbocycles. The normalized spacial score (nSPS) is 12.7. The molecule has 1 atom stereocenters. The maximum atomic E-state index is 5.61. The highest BCUT2D eigenvalue weighted by Gasteiger charge is 2.11. The van der Waals surface area contributed by atoms with E-state index in [4.69, 9.17) is 4.74 Å². The third-order valence-corrected chi connectivity index (χ3v) is 3.36. The molecule has 1 N–H and O–H groups in total. The molecule has 1 aromatic heterocycles. The molecule has 1 heterocycles. The average Bonchev–Trinajstić information content (AvgIpc) is 2.50. The Bertz CT molecular complexity index is 527. The standard InChI is InChI=1S/C17H24N2O/c1-3-10-20-11-9-17(18-4-2)15-12-14-7-5-6-8-16(14)19-13-15/h5-8,12-13,17-18H,3-4,9-11H2,1-2H3. The van der Waals surface area contributed by atoms with Crippen LogP contribution in [-0.4, -0.2) is 24.7 Å². The summed E-state index contributed by atoms with van der Waals surface area (Å²) < 4.78 is 5.61. The number of aromatic nitrogens is 1. The molecule has 0 fully saturated rings. The number of ether oxygens (including phenoxy) is 1. The summed E-state index contributed by atoms with van der Waals surface area (Å²) in [6, 6.07) is 10.8. The van der Waals surface area contributed by atoms with Crippen LogP contribution in [0.3, 0.4) is 0 Å². The molecule has 2 rings (SSSR count). The average molecular weight is 272 g/mol. The van der Waals surface area contributed by atoms with E-state index in [1.54, 1.807) is 0 Å². The molecule has 0 radical (unpaired) electrons. The molecule has 0 bridgehead atoms. The van der Waals surface area contributed by atoms with Crippen molar-refractivity contribution in [2.45, 2.75) is 32.7 Å². The van der Waals surface area contributed by atoms with E-state index in [9.17, 15) is 0 Å². The van der Waals surface area contributed by atoms with E-state index in [-0.39, 0.29) is 0 Å². The SMILES string of the molecule is CCCOCCC(NCC)c1cnc2ccccc2c1. The van der Waals surface area contributed by atoms with Crippen molar-refractivity contribution < 1.29 is 4.74 Å². The van der Waals surface area contributed by atoms with Crippen molar-refractivity contribution in [1.82, 2.24) is 10.3 Å². The Morgan fingerprint density at radius 3 is 2.85 bits per heavy atom. The van der Waals surface area contributed by atoms with E-state index in [0.29, 0.717) is 6.04 Å². The monoisotopic (exact) mass is 272 g/mol. The van der Waals surface area contributed by atoms with Gasteiger partial charge >= 0.3 is 0 Å². The number of rotatable bonds is 8. The first-order chi connectivity index (χ1) is 9.85. The zero-order valence-corrected chi connectivity index (χ0v) is 12.4. The molecule has 20 heavy (non-hydrogen) atoms. The third-order valence-electron chi connectivity index (χ3n) is 3.36. The second-order valence-electron chi connectivity index (χ2n) is 4.97. The van der Waals surface area contributed by atoms with Gasteiger partial charge in [-0.3, -0.25) is 4.98 Å². The van der Waals surface area contributed by atoms with Gasteiger partial charge in [0.05, 0.1) is 5.52 Å². The molecule has 0 saturated heterocycles. The van der Waals surface area contributed by atoms with Crippen LogP contribution in [0.1, 0.15) is 38.3 Å². The van der Waals surface area contributed by atoms with Crippen LogP contribution in [-0.2, 0) is 4.74 Å². The van der Waals surface area contributed by atoms with Crippen molar-refractivity contribution in [3.05, 3.63) is 42.1 Å². The highest BCUT2D eigenvalue weighted by Crippen LogP contribution is 2.20. The quantitative estimate of drug-likeness (QED) is 0.744. The zero-order chi connectivity index (χ0) is 14.2. The van der Waals surface area contributed by atoms with Crippen LogP contribution in [0.25, 0.3) is 10.9 Å². The maximum absolute atomic E-state index is 5.61. The van der Waals surface area contributed by atoms with E-state index in [1.165, 1.54) is 10.9 Å². The number of fused-ring (bicyclic) bond motifs is 1. The van der Waals surface area contributed by atoms with Crippen molar-refractivity contribution in [3.8, 4) is 0 Å². The Morgan fingerprint density at radius 1 is 1.20 bits per heavy atom. The lowest BCUT2D eigenvalue weighted by atomic mass is 10.0. The molecule has 3 heteroatoms. The van der Waals surface area contributed by atoms with Crippen LogP contribution >= 0.6 is 0 Å². The van der Waals surface area contributed by atoms with Gasteiger partial charge in [0.25, 0.3) is 0 Å². The first kappa shape index (κ1) is 14.9. The number of pyridine rings is 1. The fourth-order valence-corrected chi connectivity index (χ4v) is 2.36. The second-order valence-corrected chi connectivity index (χ2v) is 4.97. The number of para-hydroxylation sites is 1. The molecule has 0 aliphatic rings. The molecular weight excluding hydrogens is 248 g/mol. The molecule has 108 valence electrons. The van der Waals surface area contributed by atoms with Gasteiger partial charge in [0.2, 0.25) is 0 Å². The first-order valence-corrected chi connectivity index (χ1v) is 7.51. The van der Waals surface area contributed by atoms with Crippen LogP contribution in [0, 0.1) is 0 Å². The summed E-state index contributed by atoms with van der Waals surface area (Å²) in [6.45, 7) is 6.85. The van der Waals surface area contributed by atoms with Gasteiger partial charge in [-0.25, -0.2) is 0 Å². The molecule has 3 nitrogen and oxygen atoms in total.